The predicted molar refractivity (Wildman–Crippen MR) is 224 cm³/mol. The van der Waals surface area contributed by atoms with Gasteiger partial charge in [0.2, 0.25) is 0 Å². The number of fused-ring (bicyclic) bond motifs is 17. The first kappa shape index (κ1) is 29.3. The van der Waals surface area contributed by atoms with Crippen molar-refractivity contribution < 1.29 is 0 Å². The van der Waals surface area contributed by atoms with E-state index in [2.05, 4.69) is 95.7 Å². The number of nitrogens with zero attached hydrogens (tertiary/aromatic N) is 3. The van der Waals surface area contributed by atoms with E-state index in [1.807, 2.05) is 0 Å². The van der Waals surface area contributed by atoms with E-state index in [0.717, 1.165) is 23.7 Å². The van der Waals surface area contributed by atoms with Crippen molar-refractivity contribution in [1.29, 1.82) is 0 Å². The number of pyridine rings is 2. The van der Waals surface area contributed by atoms with Crippen molar-refractivity contribution in [2.45, 2.75) is 93.3 Å². The molecule has 4 heterocycles. The van der Waals surface area contributed by atoms with Crippen LogP contribution in [0.15, 0.2) is 91.3 Å². The highest BCUT2D eigenvalue weighted by Gasteiger charge is 2.54. The van der Waals surface area contributed by atoms with Crippen molar-refractivity contribution in [2.24, 2.45) is 23.7 Å². The highest BCUT2D eigenvalue weighted by Crippen LogP contribution is 2.67. The van der Waals surface area contributed by atoms with Crippen LogP contribution in [0.4, 0.5) is 0 Å². The maximum Gasteiger partial charge on any atom is 0.0732 e. The summed E-state index contributed by atoms with van der Waals surface area (Å²) in [5.74, 6) is 5.85. The predicted octanol–water partition coefficient (Wildman–Crippen LogP) is 12.8. The molecule has 4 fully saturated rings. The molecule has 0 N–H and O–H groups in total. The van der Waals surface area contributed by atoms with Gasteiger partial charge >= 0.3 is 0 Å². The van der Waals surface area contributed by atoms with Crippen molar-refractivity contribution in [3.63, 3.8) is 0 Å². The molecule has 0 amide bonds. The summed E-state index contributed by atoms with van der Waals surface area (Å²) in [6.45, 7) is 0. The minimum atomic E-state index is -0.392. The molecule has 3 nitrogen and oxygen atoms in total. The lowest BCUT2D eigenvalue weighted by atomic mass is 9.67. The average molecular weight is 722 g/mol. The summed E-state index contributed by atoms with van der Waals surface area (Å²) in [7, 11) is 0. The van der Waals surface area contributed by atoms with Gasteiger partial charge in [-0.05, 0) is 161 Å². The van der Waals surface area contributed by atoms with Gasteiger partial charge in [0, 0.05) is 44.8 Å². The van der Waals surface area contributed by atoms with Crippen molar-refractivity contribution in [3.05, 3.63) is 136 Å². The van der Waals surface area contributed by atoms with E-state index in [4.69, 9.17) is 9.97 Å². The van der Waals surface area contributed by atoms with Crippen LogP contribution in [-0.4, -0.2) is 14.4 Å². The third-order valence-electron chi connectivity index (χ3n) is 17.6. The summed E-state index contributed by atoms with van der Waals surface area (Å²) in [6.07, 6.45) is 18.3. The van der Waals surface area contributed by atoms with E-state index in [0.29, 0.717) is 23.7 Å². The topological polar surface area (TPSA) is 30.2 Å². The Morgan fingerprint density at radius 3 is 1.45 bits per heavy atom. The second-order valence-corrected chi connectivity index (χ2v) is 20.0. The fraction of sp³-hybridized carbons (Fsp3) is 0.358. The van der Waals surface area contributed by atoms with Crippen molar-refractivity contribution >= 4 is 38.1 Å². The summed E-state index contributed by atoms with van der Waals surface area (Å²) in [6, 6.07) is 31.0. The van der Waals surface area contributed by atoms with E-state index in [-0.39, 0.29) is 0 Å². The van der Waals surface area contributed by atoms with Gasteiger partial charge in [0.05, 0.1) is 34.4 Å². The molecule has 4 saturated carbocycles. The molecule has 4 aromatic carbocycles. The fourth-order valence-electron chi connectivity index (χ4n) is 16.3. The maximum absolute atomic E-state index is 5.63. The van der Waals surface area contributed by atoms with E-state index in [1.54, 1.807) is 11.1 Å². The minimum Gasteiger partial charge on any atom is -0.305 e. The first-order valence-corrected chi connectivity index (χ1v) is 22.1. The number of benzene rings is 4. The van der Waals surface area contributed by atoms with Crippen LogP contribution in [0.2, 0.25) is 0 Å². The Morgan fingerprint density at radius 1 is 0.464 bits per heavy atom. The quantitative estimate of drug-likeness (QED) is 0.156. The number of hydrogen-bond donors (Lipinski definition) is 0. The van der Waals surface area contributed by atoms with Crippen LogP contribution in [0, 0.1) is 23.7 Å². The molecular weight excluding hydrogens is 679 g/mol. The highest BCUT2D eigenvalue weighted by molar-refractivity contribution is 6.28. The highest BCUT2D eigenvalue weighted by atomic mass is 15.0. The molecule has 0 radical (unpaired) electrons. The third kappa shape index (κ3) is 3.12. The van der Waals surface area contributed by atoms with Gasteiger partial charge in [0.25, 0.3) is 0 Å². The molecule has 10 aliphatic rings. The molecule has 1 spiro atoms. The molecular formula is C53H43N3. The molecule has 0 saturated heterocycles. The minimum absolute atomic E-state index is 0.392. The van der Waals surface area contributed by atoms with Gasteiger partial charge in [-0.1, -0.05) is 72.8 Å². The number of rotatable bonds is 0. The van der Waals surface area contributed by atoms with Crippen LogP contribution >= 0.6 is 0 Å². The van der Waals surface area contributed by atoms with Crippen molar-refractivity contribution in [1.82, 2.24) is 14.4 Å². The molecule has 270 valence electrons. The van der Waals surface area contributed by atoms with Gasteiger partial charge in [0.15, 0.2) is 0 Å². The Labute approximate surface area is 326 Å². The Morgan fingerprint density at radius 2 is 0.911 bits per heavy atom. The smallest absolute Gasteiger partial charge is 0.0732 e. The molecule has 4 unspecified atom stereocenters. The van der Waals surface area contributed by atoms with Crippen LogP contribution in [-0.2, 0) is 5.41 Å². The van der Waals surface area contributed by atoms with Crippen molar-refractivity contribution in [2.75, 3.05) is 0 Å². The molecule has 4 aromatic heterocycles. The lowest BCUT2D eigenvalue weighted by Gasteiger charge is -2.38. The fourth-order valence-corrected chi connectivity index (χ4v) is 16.3. The van der Waals surface area contributed by atoms with E-state index >= 15 is 0 Å². The first-order valence-electron chi connectivity index (χ1n) is 22.1. The van der Waals surface area contributed by atoms with Crippen LogP contribution in [0.5, 0.6) is 0 Å². The SMILES string of the molecule is c1ccc2c(c1)-c1ccccc1C21c2ccccc2-c2cc3c4c5c(ncc4n4c6cnc7c(c6c(c21)c34)C1CC2CC(CC7C2)C1)C1CC2CC(C1)CC5C2. The second kappa shape index (κ2) is 9.56. The largest absolute Gasteiger partial charge is 0.305 e. The first-order chi connectivity index (χ1) is 27.7. The van der Waals surface area contributed by atoms with E-state index in [9.17, 15) is 0 Å². The monoisotopic (exact) mass is 721 g/mol. The zero-order chi connectivity index (χ0) is 35.8. The molecule has 10 aliphatic carbocycles. The average Bonchev–Trinajstić information content (AvgIpc) is 3.85. The lowest BCUT2D eigenvalue weighted by Crippen LogP contribution is -2.26. The molecule has 4 atom stereocenters. The van der Waals surface area contributed by atoms with Gasteiger partial charge in [-0.2, -0.15) is 0 Å². The Balaban J connectivity index is 1.16. The summed E-state index contributed by atoms with van der Waals surface area (Å²) < 4.78 is 2.71. The Kier molecular flexibility index (Phi) is 4.99. The Hall–Kier alpha value is -5.02. The zero-order valence-corrected chi connectivity index (χ0v) is 31.7. The summed E-state index contributed by atoms with van der Waals surface area (Å²) in [4.78, 5) is 11.2. The van der Waals surface area contributed by atoms with Crippen LogP contribution in [0.25, 0.3) is 60.3 Å². The van der Waals surface area contributed by atoms with Gasteiger partial charge in [-0.3, -0.25) is 9.97 Å². The van der Waals surface area contributed by atoms with Crippen LogP contribution in [0.1, 0.15) is 133 Å². The normalized spacial score (nSPS) is 30.3. The van der Waals surface area contributed by atoms with Gasteiger partial charge in [-0.25, -0.2) is 0 Å². The standard InChI is InChI=1S/C53H43N3/c1-4-10-39-34(7-1)35-8-2-5-11-40(35)53(39)41-12-6-3-9-36(41)37-23-38-46-42(24-54-50-32-19-26-13-27(20-32)16-30(15-26)44(46)50)56-43-25-55-51-33-21-28-14-29(22-33)18-31(17-28)45(51)47(43)48(49(37)53)52(38)56/h1-12,23-33H,13-22H2. The Bertz CT molecular complexity index is 3050. The summed E-state index contributed by atoms with van der Waals surface area (Å²) >= 11 is 0. The van der Waals surface area contributed by atoms with Gasteiger partial charge in [-0.15, -0.1) is 0 Å². The van der Waals surface area contributed by atoms with Gasteiger partial charge in [0.1, 0.15) is 0 Å². The lowest BCUT2D eigenvalue weighted by molar-refractivity contribution is 0.165. The summed E-state index contributed by atoms with van der Waals surface area (Å²) in [5.41, 5.74) is 21.4. The molecule has 18 rings (SSSR count). The molecule has 56 heavy (non-hydrogen) atoms. The molecule has 0 aliphatic heterocycles. The molecule has 8 bridgehead atoms. The van der Waals surface area contributed by atoms with Crippen LogP contribution in [0.3, 0.4) is 0 Å². The maximum atomic E-state index is 5.63. The van der Waals surface area contributed by atoms with E-state index in [1.165, 1.54) is 158 Å². The zero-order valence-electron chi connectivity index (χ0n) is 31.7. The molecule has 8 aromatic rings. The van der Waals surface area contributed by atoms with Gasteiger partial charge < -0.3 is 4.40 Å². The second-order valence-electron chi connectivity index (χ2n) is 20.0. The summed E-state index contributed by atoms with van der Waals surface area (Å²) in [5, 5.41) is 6.07. The van der Waals surface area contributed by atoms with Crippen LogP contribution < -0.4 is 0 Å². The third-order valence-corrected chi connectivity index (χ3v) is 17.6. The van der Waals surface area contributed by atoms with Crippen molar-refractivity contribution in [3.8, 4) is 22.3 Å². The number of aromatic nitrogens is 3. The number of hydrogen-bond acceptors (Lipinski definition) is 2. The molecule has 3 heteroatoms. The van der Waals surface area contributed by atoms with E-state index < -0.39 is 5.41 Å².